The molecule has 0 saturated carbocycles. The number of nitrogens with one attached hydrogen (secondary N) is 1. The summed E-state index contributed by atoms with van der Waals surface area (Å²) < 4.78 is 0. The molecule has 0 spiro atoms. The van der Waals surface area contributed by atoms with E-state index in [1.807, 2.05) is 0 Å². The number of pyridine rings is 1. The van der Waals surface area contributed by atoms with Gasteiger partial charge in [0.2, 0.25) is 5.91 Å². The zero-order valence-corrected chi connectivity index (χ0v) is 9.80. The van der Waals surface area contributed by atoms with Crippen LogP contribution in [-0.4, -0.2) is 47.5 Å². The molecule has 0 aliphatic heterocycles. The predicted octanol–water partition coefficient (Wildman–Crippen LogP) is 0.670. The van der Waals surface area contributed by atoms with Crippen LogP contribution in [-0.2, 0) is 4.79 Å². The van der Waals surface area contributed by atoms with Gasteiger partial charge in [-0.1, -0.05) is 0 Å². The first-order chi connectivity index (χ1) is 8.00. The highest BCUT2D eigenvalue weighted by Crippen LogP contribution is 2.05. The Balaban J connectivity index is 2.42. The molecule has 6 nitrogen and oxygen atoms in total. The fourth-order valence-corrected chi connectivity index (χ4v) is 1.15. The minimum Gasteiger partial charge on any atom is -0.478 e. The molecule has 17 heavy (non-hydrogen) atoms. The fourth-order valence-electron chi connectivity index (χ4n) is 1.15. The van der Waals surface area contributed by atoms with Crippen molar-refractivity contribution in [3.05, 3.63) is 23.9 Å². The van der Waals surface area contributed by atoms with Crippen molar-refractivity contribution in [2.45, 2.75) is 6.42 Å². The lowest BCUT2D eigenvalue weighted by molar-refractivity contribution is -0.128. The van der Waals surface area contributed by atoms with Gasteiger partial charge in [0.25, 0.3) is 0 Å². The van der Waals surface area contributed by atoms with Gasteiger partial charge in [0.05, 0.1) is 5.56 Å². The summed E-state index contributed by atoms with van der Waals surface area (Å²) in [5.41, 5.74) is 0.139. The van der Waals surface area contributed by atoms with E-state index < -0.39 is 5.97 Å². The highest BCUT2D eigenvalue weighted by Gasteiger charge is 2.04. The minimum atomic E-state index is -1.01. The van der Waals surface area contributed by atoms with Crippen LogP contribution >= 0.6 is 0 Å². The molecule has 1 heterocycles. The molecule has 6 heteroatoms. The quantitative estimate of drug-likeness (QED) is 0.786. The van der Waals surface area contributed by atoms with Gasteiger partial charge in [0.1, 0.15) is 5.82 Å². The highest BCUT2D eigenvalue weighted by molar-refractivity contribution is 5.87. The molecule has 0 saturated heterocycles. The predicted molar refractivity (Wildman–Crippen MR) is 63.0 cm³/mol. The summed E-state index contributed by atoms with van der Waals surface area (Å²) in [6, 6.07) is 3.04. The SMILES string of the molecule is CN(C)C(=O)CCNc1ccc(C(=O)O)cn1. The number of aromatic nitrogens is 1. The van der Waals surface area contributed by atoms with E-state index in [2.05, 4.69) is 10.3 Å². The largest absolute Gasteiger partial charge is 0.478 e. The van der Waals surface area contributed by atoms with Crippen molar-refractivity contribution in [3.8, 4) is 0 Å². The summed E-state index contributed by atoms with van der Waals surface area (Å²) >= 11 is 0. The van der Waals surface area contributed by atoms with E-state index in [-0.39, 0.29) is 11.5 Å². The van der Waals surface area contributed by atoms with E-state index >= 15 is 0 Å². The second-order valence-corrected chi connectivity index (χ2v) is 3.70. The first kappa shape index (κ1) is 13.0. The number of rotatable bonds is 5. The van der Waals surface area contributed by atoms with E-state index in [4.69, 9.17) is 5.11 Å². The summed E-state index contributed by atoms with van der Waals surface area (Å²) in [7, 11) is 3.39. The van der Waals surface area contributed by atoms with Crippen LogP contribution in [0.5, 0.6) is 0 Å². The molecule has 0 atom stereocenters. The lowest BCUT2D eigenvalue weighted by Gasteiger charge is -2.10. The number of anilines is 1. The molecule has 2 N–H and O–H groups in total. The first-order valence-corrected chi connectivity index (χ1v) is 5.14. The molecular formula is C11H15N3O3. The highest BCUT2D eigenvalue weighted by atomic mass is 16.4. The standard InChI is InChI=1S/C11H15N3O3/c1-14(2)10(15)5-6-12-9-4-3-8(7-13-9)11(16)17/h3-4,7H,5-6H2,1-2H3,(H,12,13)(H,16,17). The fraction of sp³-hybridized carbons (Fsp3) is 0.364. The minimum absolute atomic E-state index is 0.0275. The van der Waals surface area contributed by atoms with Crippen LogP contribution in [0.25, 0.3) is 0 Å². The van der Waals surface area contributed by atoms with Gasteiger partial charge in [-0.15, -0.1) is 0 Å². The van der Waals surface area contributed by atoms with Crippen molar-refractivity contribution in [3.63, 3.8) is 0 Å². The number of nitrogens with zero attached hydrogens (tertiary/aromatic N) is 2. The monoisotopic (exact) mass is 237 g/mol. The molecule has 0 fully saturated rings. The maximum Gasteiger partial charge on any atom is 0.337 e. The van der Waals surface area contributed by atoms with Crippen molar-refractivity contribution in [1.29, 1.82) is 0 Å². The maximum atomic E-state index is 11.3. The second kappa shape index (κ2) is 5.83. The van der Waals surface area contributed by atoms with Crippen molar-refractivity contribution < 1.29 is 14.7 Å². The molecular weight excluding hydrogens is 222 g/mol. The summed E-state index contributed by atoms with van der Waals surface area (Å²) in [6.45, 7) is 0.469. The van der Waals surface area contributed by atoms with Gasteiger partial charge in [-0.3, -0.25) is 4.79 Å². The van der Waals surface area contributed by atoms with Crippen LogP contribution in [0.1, 0.15) is 16.8 Å². The number of hydrogen-bond donors (Lipinski definition) is 2. The average molecular weight is 237 g/mol. The number of carboxylic acid groups (broad SMARTS) is 1. The average Bonchev–Trinajstić information content (AvgIpc) is 2.29. The Morgan fingerprint density at radius 3 is 2.59 bits per heavy atom. The lowest BCUT2D eigenvalue weighted by Crippen LogP contribution is -2.24. The van der Waals surface area contributed by atoms with Gasteiger partial charge < -0.3 is 15.3 Å². The van der Waals surface area contributed by atoms with Crippen molar-refractivity contribution in [2.24, 2.45) is 0 Å². The number of carbonyl (C=O) groups is 2. The van der Waals surface area contributed by atoms with Crippen LogP contribution in [0.15, 0.2) is 18.3 Å². The summed E-state index contributed by atoms with van der Waals surface area (Å²) in [5.74, 6) is -0.423. The molecule has 1 aromatic rings. The zero-order chi connectivity index (χ0) is 12.8. The second-order valence-electron chi connectivity index (χ2n) is 3.70. The third kappa shape index (κ3) is 4.10. The van der Waals surface area contributed by atoms with E-state index in [0.29, 0.717) is 18.8 Å². The summed E-state index contributed by atoms with van der Waals surface area (Å²) in [6.07, 6.45) is 1.65. The molecule has 1 amide bonds. The van der Waals surface area contributed by atoms with Crippen molar-refractivity contribution in [1.82, 2.24) is 9.88 Å². The number of carboxylic acids is 1. The Morgan fingerprint density at radius 1 is 1.41 bits per heavy atom. The van der Waals surface area contributed by atoms with Crippen LogP contribution < -0.4 is 5.32 Å². The number of hydrogen-bond acceptors (Lipinski definition) is 4. The van der Waals surface area contributed by atoms with Crippen LogP contribution in [0.3, 0.4) is 0 Å². The van der Waals surface area contributed by atoms with Gasteiger partial charge in [-0.25, -0.2) is 9.78 Å². The molecule has 0 aromatic carbocycles. The normalized spacial score (nSPS) is 9.76. The van der Waals surface area contributed by atoms with Crippen LogP contribution in [0.2, 0.25) is 0 Å². The van der Waals surface area contributed by atoms with Gasteiger partial charge in [0, 0.05) is 33.3 Å². The third-order valence-corrected chi connectivity index (χ3v) is 2.15. The Hall–Kier alpha value is -2.11. The Morgan fingerprint density at radius 2 is 2.12 bits per heavy atom. The molecule has 92 valence electrons. The molecule has 0 radical (unpaired) electrons. The van der Waals surface area contributed by atoms with Crippen molar-refractivity contribution >= 4 is 17.7 Å². The van der Waals surface area contributed by atoms with Gasteiger partial charge in [-0.05, 0) is 12.1 Å². The van der Waals surface area contributed by atoms with Gasteiger partial charge >= 0.3 is 5.97 Å². The lowest BCUT2D eigenvalue weighted by atomic mass is 10.3. The smallest absolute Gasteiger partial charge is 0.337 e. The molecule has 0 unspecified atom stereocenters. The van der Waals surface area contributed by atoms with Crippen LogP contribution in [0, 0.1) is 0 Å². The molecule has 1 aromatic heterocycles. The Bertz CT molecular complexity index is 401. The number of amides is 1. The van der Waals surface area contributed by atoms with Gasteiger partial charge in [-0.2, -0.15) is 0 Å². The maximum absolute atomic E-state index is 11.3. The zero-order valence-electron chi connectivity index (χ0n) is 9.80. The topological polar surface area (TPSA) is 82.5 Å². The van der Waals surface area contributed by atoms with Gasteiger partial charge in [0.15, 0.2) is 0 Å². The summed E-state index contributed by atoms with van der Waals surface area (Å²) in [4.78, 5) is 27.3. The van der Waals surface area contributed by atoms with E-state index in [0.717, 1.165) is 0 Å². The number of carbonyl (C=O) groups excluding carboxylic acids is 1. The Labute approximate surface area is 99.3 Å². The molecule has 1 rings (SSSR count). The molecule has 0 bridgehead atoms. The van der Waals surface area contributed by atoms with E-state index in [1.165, 1.54) is 17.2 Å². The Kier molecular flexibility index (Phi) is 4.45. The number of aromatic carboxylic acids is 1. The molecule has 0 aliphatic carbocycles. The van der Waals surface area contributed by atoms with E-state index in [9.17, 15) is 9.59 Å². The molecule has 0 aliphatic rings. The summed E-state index contributed by atoms with van der Waals surface area (Å²) in [5, 5.41) is 11.6. The third-order valence-electron chi connectivity index (χ3n) is 2.15. The van der Waals surface area contributed by atoms with Crippen LogP contribution in [0.4, 0.5) is 5.82 Å². The first-order valence-electron chi connectivity index (χ1n) is 5.14. The van der Waals surface area contributed by atoms with E-state index in [1.54, 1.807) is 20.2 Å². The van der Waals surface area contributed by atoms with Crippen molar-refractivity contribution in [2.75, 3.05) is 26.0 Å².